The molecule has 1 aromatic rings. The zero-order valence-corrected chi connectivity index (χ0v) is 10.6. The van der Waals surface area contributed by atoms with E-state index in [4.69, 9.17) is 27.9 Å². The van der Waals surface area contributed by atoms with Crippen LogP contribution in [0.25, 0.3) is 0 Å². The van der Waals surface area contributed by atoms with E-state index in [1.807, 2.05) is 0 Å². The number of amides is 1. The molecule has 3 nitrogen and oxygen atoms in total. The van der Waals surface area contributed by atoms with Crippen LogP contribution >= 0.6 is 23.2 Å². The van der Waals surface area contributed by atoms with Crippen molar-refractivity contribution in [2.24, 2.45) is 5.92 Å². The van der Waals surface area contributed by atoms with Gasteiger partial charge in [-0.2, -0.15) is 0 Å². The molecule has 1 atom stereocenters. The number of hydrogen-bond acceptors (Lipinski definition) is 2. The van der Waals surface area contributed by atoms with E-state index in [9.17, 15) is 4.79 Å². The van der Waals surface area contributed by atoms with Gasteiger partial charge in [0.25, 0.3) is 0 Å². The number of nitrogens with one attached hydrogen (secondary N) is 1. The molecular formula is C11H13Cl2NO2. The highest BCUT2D eigenvalue weighted by Crippen LogP contribution is 2.28. The molecule has 0 saturated carbocycles. The molecule has 16 heavy (non-hydrogen) atoms. The normalized spacial score (nSPS) is 12.0. The molecule has 1 unspecified atom stereocenters. The van der Waals surface area contributed by atoms with Gasteiger partial charge in [-0.05, 0) is 18.2 Å². The van der Waals surface area contributed by atoms with Crippen LogP contribution < -0.4 is 10.1 Å². The Morgan fingerprint density at radius 2 is 2.25 bits per heavy atom. The molecule has 0 saturated heterocycles. The second-order valence-electron chi connectivity index (χ2n) is 3.39. The van der Waals surface area contributed by atoms with E-state index in [2.05, 4.69) is 5.32 Å². The van der Waals surface area contributed by atoms with Gasteiger partial charge in [-0.1, -0.05) is 18.5 Å². The van der Waals surface area contributed by atoms with Crippen molar-refractivity contribution in [3.8, 4) is 5.75 Å². The van der Waals surface area contributed by atoms with Crippen LogP contribution in [0.1, 0.15) is 6.92 Å². The topological polar surface area (TPSA) is 38.3 Å². The van der Waals surface area contributed by atoms with E-state index in [0.717, 1.165) is 0 Å². The van der Waals surface area contributed by atoms with Crippen molar-refractivity contribution in [1.29, 1.82) is 0 Å². The number of methoxy groups -OCH3 is 1. The summed E-state index contributed by atoms with van der Waals surface area (Å²) in [5, 5.41) is 3.26. The lowest BCUT2D eigenvalue weighted by atomic mass is 10.2. The highest BCUT2D eigenvalue weighted by atomic mass is 35.5. The number of benzene rings is 1. The maximum Gasteiger partial charge on any atom is 0.228 e. The summed E-state index contributed by atoms with van der Waals surface area (Å²) in [6, 6.07) is 5.03. The van der Waals surface area contributed by atoms with E-state index < -0.39 is 0 Å². The van der Waals surface area contributed by atoms with E-state index in [-0.39, 0.29) is 17.7 Å². The summed E-state index contributed by atoms with van der Waals surface area (Å²) in [5.41, 5.74) is 0.553. The molecule has 0 spiro atoms. The van der Waals surface area contributed by atoms with Crippen LogP contribution in [0, 0.1) is 5.92 Å². The zero-order valence-electron chi connectivity index (χ0n) is 9.09. The Morgan fingerprint density at radius 3 is 2.81 bits per heavy atom. The number of halogens is 2. The Labute approximate surface area is 105 Å². The zero-order chi connectivity index (χ0) is 12.1. The lowest BCUT2D eigenvalue weighted by molar-refractivity contribution is -0.118. The molecule has 1 N–H and O–H groups in total. The van der Waals surface area contributed by atoms with Crippen LogP contribution in [-0.2, 0) is 4.79 Å². The molecule has 5 heteroatoms. The van der Waals surface area contributed by atoms with Gasteiger partial charge in [-0.3, -0.25) is 4.79 Å². The first kappa shape index (κ1) is 13.1. The van der Waals surface area contributed by atoms with Crippen molar-refractivity contribution in [3.05, 3.63) is 23.2 Å². The van der Waals surface area contributed by atoms with Crippen LogP contribution in [0.5, 0.6) is 5.75 Å². The predicted octanol–water partition coefficient (Wildman–Crippen LogP) is 3.16. The van der Waals surface area contributed by atoms with Gasteiger partial charge in [0.2, 0.25) is 5.91 Å². The fourth-order valence-electron chi connectivity index (χ4n) is 1.10. The standard InChI is InChI=1S/C11H13Cl2NO2/c1-7(6-12)11(15)14-9-5-8(13)3-4-10(9)16-2/h3-5,7H,6H2,1-2H3,(H,14,15). The molecular weight excluding hydrogens is 249 g/mol. The van der Waals surface area contributed by atoms with E-state index in [0.29, 0.717) is 16.5 Å². The number of anilines is 1. The van der Waals surface area contributed by atoms with Crippen molar-refractivity contribution >= 4 is 34.8 Å². The summed E-state index contributed by atoms with van der Waals surface area (Å²) in [4.78, 5) is 11.6. The fourth-order valence-corrected chi connectivity index (χ4v) is 1.42. The van der Waals surface area contributed by atoms with Crippen LogP contribution in [-0.4, -0.2) is 18.9 Å². The third kappa shape index (κ3) is 3.29. The lowest BCUT2D eigenvalue weighted by Crippen LogP contribution is -2.21. The van der Waals surface area contributed by atoms with Crippen molar-refractivity contribution < 1.29 is 9.53 Å². The largest absolute Gasteiger partial charge is 0.495 e. The van der Waals surface area contributed by atoms with Gasteiger partial charge in [-0.25, -0.2) is 0 Å². The summed E-state index contributed by atoms with van der Waals surface area (Å²) < 4.78 is 5.11. The van der Waals surface area contributed by atoms with Gasteiger partial charge in [0, 0.05) is 16.8 Å². The molecule has 0 bridgehead atoms. The maximum atomic E-state index is 11.6. The van der Waals surface area contributed by atoms with E-state index in [1.165, 1.54) is 7.11 Å². The Balaban J connectivity index is 2.87. The van der Waals surface area contributed by atoms with Crippen LogP contribution in [0.15, 0.2) is 18.2 Å². The van der Waals surface area contributed by atoms with Gasteiger partial charge in [0.1, 0.15) is 5.75 Å². The van der Waals surface area contributed by atoms with Gasteiger partial charge in [0.15, 0.2) is 0 Å². The predicted molar refractivity (Wildman–Crippen MR) is 66.5 cm³/mol. The van der Waals surface area contributed by atoms with Gasteiger partial charge in [0.05, 0.1) is 12.8 Å². The molecule has 0 fully saturated rings. The average Bonchev–Trinajstić information content (AvgIpc) is 2.28. The monoisotopic (exact) mass is 261 g/mol. The van der Waals surface area contributed by atoms with Crippen LogP contribution in [0.3, 0.4) is 0 Å². The minimum absolute atomic E-state index is 0.157. The van der Waals surface area contributed by atoms with Crippen LogP contribution in [0.4, 0.5) is 5.69 Å². The number of carbonyl (C=O) groups excluding carboxylic acids is 1. The average molecular weight is 262 g/mol. The Hall–Kier alpha value is -0.930. The van der Waals surface area contributed by atoms with Gasteiger partial charge < -0.3 is 10.1 Å². The first-order chi connectivity index (χ1) is 7.58. The second-order valence-corrected chi connectivity index (χ2v) is 4.13. The Bertz CT molecular complexity index is 382. The molecule has 1 amide bonds. The van der Waals surface area contributed by atoms with Gasteiger partial charge >= 0.3 is 0 Å². The molecule has 1 rings (SSSR count). The third-order valence-corrected chi connectivity index (χ3v) is 2.80. The van der Waals surface area contributed by atoms with Crippen molar-refractivity contribution in [1.82, 2.24) is 0 Å². The molecule has 0 heterocycles. The SMILES string of the molecule is COc1ccc(Cl)cc1NC(=O)C(C)CCl. The minimum atomic E-state index is -0.259. The van der Waals surface area contributed by atoms with Gasteiger partial charge in [-0.15, -0.1) is 11.6 Å². The van der Waals surface area contributed by atoms with E-state index >= 15 is 0 Å². The molecule has 0 aromatic heterocycles. The lowest BCUT2D eigenvalue weighted by Gasteiger charge is -2.12. The number of ether oxygens (including phenoxy) is 1. The second kappa shape index (κ2) is 5.97. The molecule has 0 radical (unpaired) electrons. The smallest absolute Gasteiger partial charge is 0.228 e. The number of alkyl halides is 1. The molecule has 0 aliphatic rings. The fraction of sp³-hybridized carbons (Fsp3) is 0.364. The number of rotatable bonds is 4. The first-order valence-corrected chi connectivity index (χ1v) is 5.70. The van der Waals surface area contributed by atoms with Crippen molar-refractivity contribution in [2.75, 3.05) is 18.3 Å². The highest BCUT2D eigenvalue weighted by molar-refractivity contribution is 6.31. The molecule has 0 aliphatic heterocycles. The molecule has 0 aliphatic carbocycles. The summed E-state index contributed by atoms with van der Waals surface area (Å²) in [6.07, 6.45) is 0. The third-order valence-electron chi connectivity index (χ3n) is 2.10. The Kier molecular flexibility index (Phi) is 4.90. The maximum absolute atomic E-state index is 11.6. The van der Waals surface area contributed by atoms with E-state index in [1.54, 1.807) is 25.1 Å². The number of hydrogen-bond donors (Lipinski definition) is 1. The summed E-state index contributed by atoms with van der Waals surface area (Å²) >= 11 is 11.4. The number of carbonyl (C=O) groups is 1. The summed E-state index contributed by atoms with van der Waals surface area (Å²) in [6.45, 7) is 1.75. The molecule has 1 aromatic carbocycles. The highest BCUT2D eigenvalue weighted by Gasteiger charge is 2.14. The first-order valence-electron chi connectivity index (χ1n) is 4.79. The van der Waals surface area contributed by atoms with Crippen molar-refractivity contribution in [3.63, 3.8) is 0 Å². The summed E-state index contributed by atoms with van der Waals surface area (Å²) in [7, 11) is 1.53. The molecule has 88 valence electrons. The Morgan fingerprint density at radius 1 is 1.56 bits per heavy atom. The summed E-state index contributed by atoms with van der Waals surface area (Å²) in [5.74, 6) is 0.426. The van der Waals surface area contributed by atoms with Crippen molar-refractivity contribution in [2.45, 2.75) is 6.92 Å². The quantitative estimate of drug-likeness (QED) is 0.846. The minimum Gasteiger partial charge on any atom is -0.495 e. The van der Waals surface area contributed by atoms with Crippen LogP contribution in [0.2, 0.25) is 5.02 Å².